The van der Waals surface area contributed by atoms with E-state index in [9.17, 15) is 9.90 Å². The fourth-order valence-corrected chi connectivity index (χ4v) is 5.16. The summed E-state index contributed by atoms with van der Waals surface area (Å²) >= 11 is 0. The first-order chi connectivity index (χ1) is 18.1. The molecule has 3 aromatic rings. The number of ether oxygens (including phenoxy) is 2. The van der Waals surface area contributed by atoms with Crippen LogP contribution in [0.25, 0.3) is 11.2 Å². The van der Waals surface area contributed by atoms with Crippen LogP contribution in [-0.4, -0.2) is 73.1 Å². The highest BCUT2D eigenvalue weighted by atomic mass is 16.6. The number of amides is 1. The second-order valence-electron chi connectivity index (χ2n) is 11.2. The molecular formula is C27H37N7O4. The highest BCUT2D eigenvalue weighted by molar-refractivity contribution is 5.90. The van der Waals surface area contributed by atoms with Crippen LogP contribution in [0, 0.1) is 0 Å². The summed E-state index contributed by atoms with van der Waals surface area (Å²) in [5.41, 5.74) is 9.02. The summed E-state index contributed by atoms with van der Waals surface area (Å²) in [4.78, 5) is 27.1. The number of nitrogens with zero attached hydrogens (tertiary/aromatic N) is 5. The van der Waals surface area contributed by atoms with Gasteiger partial charge in [0, 0.05) is 25.2 Å². The van der Waals surface area contributed by atoms with Crippen LogP contribution in [0.3, 0.4) is 0 Å². The molecule has 1 amide bonds. The number of unbranched alkanes of at least 4 members (excludes halogenated alkanes) is 1. The number of imidazole rings is 1. The van der Waals surface area contributed by atoms with Crippen molar-refractivity contribution in [2.45, 2.75) is 83.1 Å². The molecular weight excluding hydrogens is 486 g/mol. The van der Waals surface area contributed by atoms with Crippen molar-refractivity contribution in [1.82, 2.24) is 24.4 Å². The van der Waals surface area contributed by atoms with Crippen LogP contribution in [0.1, 0.15) is 58.7 Å². The summed E-state index contributed by atoms with van der Waals surface area (Å²) in [5, 5.41) is 14.0. The van der Waals surface area contributed by atoms with E-state index < -0.39 is 18.4 Å². The second kappa shape index (κ2) is 10.6. The minimum absolute atomic E-state index is 0.0126. The lowest BCUT2D eigenvalue weighted by Crippen LogP contribution is -2.54. The Balaban J connectivity index is 1.11. The van der Waals surface area contributed by atoms with Gasteiger partial charge in [0.15, 0.2) is 17.7 Å². The monoisotopic (exact) mass is 523 g/mol. The van der Waals surface area contributed by atoms with Gasteiger partial charge < -0.3 is 25.6 Å². The van der Waals surface area contributed by atoms with Gasteiger partial charge in [-0.3, -0.25) is 14.3 Å². The number of nitrogens with one attached hydrogen (secondary N) is 1. The molecule has 11 nitrogen and oxygen atoms in total. The third kappa shape index (κ3) is 5.37. The van der Waals surface area contributed by atoms with E-state index >= 15 is 0 Å². The van der Waals surface area contributed by atoms with Crippen LogP contribution in [0.2, 0.25) is 0 Å². The minimum Gasteiger partial charge on any atom is -0.386 e. The fourth-order valence-electron chi connectivity index (χ4n) is 5.16. The molecule has 2 fully saturated rings. The summed E-state index contributed by atoms with van der Waals surface area (Å²) in [6.07, 6.45) is 2.48. The standard InChI is InChI=1S/C27H37N7O4/c1-16-33(12-6-5-7-20(35)32-18-10-8-17(9-11-18)27(2,3)4)13-19-23(37-16)22(36)26(38-19)34-15-31-21-24(28)29-14-30-25(21)34/h8-11,14-16,19,22-23,26,36H,5-7,12-13H2,1-4H3,(H,32,35)(H2,28,29,30)/t16?,19-,22-,23-,26?/m1/s1. The Morgan fingerprint density at radius 1 is 1.16 bits per heavy atom. The second-order valence-corrected chi connectivity index (χ2v) is 11.2. The molecule has 0 saturated carbocycles. The van der Waals surface area contributed by atoms with Crippen molar-refractivity contribution < 1.29 is 19.4 Å². The van der Waals surface area contributed by atoms with Crippen LogP contribution in [0.5, 0.6) is 0 Å². The maximum atomic E-state index is 12.4. The van der Waals surface area contributed by atoms with Crippen LogP contribution >= 0.6 is 0 Å². The van der Waals surface area contributed by atoms with Gasteiger partial charge in [-0.15, -0.1) is 0 Å². The highest BCUT2D eigenvalue weighted by Gasteiger charge is 2.50. The number of aliphatic hydroxyl groups is 1. The van der Waals surface area contributed by atoms with E-state index in [0.717, 1.165) is 25.1 Å². The topological polar surface area (TPSA) is 141 Å². The number of nitrogen functional groups attached to an aromatic ring is 1. The predicted molar refractivity (Wildman–Crippen MR) is 143 cm³/mol. The van der Waals surface area contributed by atoms with Gasteiger partial charge in [-0.2, -0.15) is 0 Å². The van der Waals surface area contributed by atoms with E-state index in [4.69, 9.17) is 15.2 Å². The van der Waals surface area contributed by atoms with Crippen molar-refractivity contribution in [3.63, 3.8) is 0 Å². The van der Waals surface area contributed by atoms with Gasteiger partial charge in [-0.05, 0) is 42.9 Å². The number of aromatic nitrogens is 4. The molecule has 0 bridgehead atoms. The number of carbonyl (C=O) groups excluding carboxylic acids is 1. The lowest BCUT2D eigenvalue weighted by atomic mass is 9.87. The summed E-state index contributed by atoms with van der Waals surface area (Å²) in [5.74, 6) is 0.292. The van der Waals surface area contributed by atoms with E-state index in [0.29, 0.717) is 24.1 Å². The smallest absolute Gasteiger partial charge is 0.224 e. The van der Waals surface area contributed by atoms with E-state index in [-0.39, 0.29) is 29.5 Å². The molecule has 0 aliphatic carbocycles. The first kappa shape index (κ1) is 26.5. The number of nitrogens with two attached hydrogens (primary N) is 1. The number of aliphatic hydroxyl groups excluding tert-OH is 1. The normalized spacial score (nSPS) is 26.0. The van der Waals surface area contributed by atoms with Gasteiger partial charge in [-0.1, -0.05) is 32.9 Å². The molecule has 38 heavy (non-hydrogen) atoms. The molecule has 5 atom stereocenters. The number of carbonyl (C=O) groups is 1. The third-order valence-electron chi connectivity index (χ3n) is 7.39. The number of rotatable bonds is 7. The molecule has 5 rings (SSSR count). The molecule has 0 spiro atoms. The van der Waals surface area contributed by atoms with Crippen LogP contribution in [0.4, 0.5) is 11.5 Å². The van der Waals surface area contributed by atoms with Gasteiger partial charge in [0.25, 0.3) is 0 Å². The Morgan fingerprint density at radius 2 is 1.92 bits per heavy atom. The maximum Gasteiger partial charge on any atom is 0.224 e. The zero-order valence-corrected chi connectivity index (χ0v) is 22.4. The summed E-state index contributed by atoms with van der Waals surface area (Å²) in [6, 6.07) is 8.04. The maximum absolute atomic E-state index is 12.4. The van der Waals surface area contributed by atoms with Gasteiger partial charge >= 0.3 is 0 Å². The molecule has 4 heterocycles. The molecule has 2 unspecified atom stereocenters. The lowest BCUT2D eigenvalue weighted by molar-refractivity contribution is -0.177. The number of anilines is 2. The molecule has 11 heteroatoms. The summed E-state index contributed by atoms with van der Waals surface area (Å²) < 4.78 is 14.1. The van der Waals surface area contributed by atoms with Crippen LogP contribution in [0.15, 0.2) is 36.9 Å². The molecule has 204 valence electrons. The average Bonchev–Trinajstić information content (AvgIpc) is 3.43. The summed E-state index contributed by atoms with van der Waals surface area (Å²) in [7, 11) is 0. The number of hydrogen-bond acceptors (Lipinski definition) is 9. The SMILES string of the molecule is CC1O[C@@H]2[C@@H](CN1CCCCC(=O)Nc1ccc(C(C)(C)C)cc1)OC(n1cnc3c(N)ncnc31)[C@@H]2O. The van der Waals surface area contributed by atoms with Gasteiger partial charge in [-0.25, -0.2) is 15.0 Å². The molecule has 4 N–H and O–H groups in total. The lowest BCUT2D eigenvalue weighted by Gasteiger charge is -2.39. The number of hydrogen-bond donors (Lipinski definition) is 3. The van der Waals surface area contributed by atoms with Crippen molar-refractivity contribution in [2.24, 2.45) is 0 Å². The van der Waals surface area contributed by atoms with Crippen molar-refractivity contribution in [3.8, 4) is 0 Å². The van der Waals surface area contributed by atoms with E-state index in [2.05, 4.69) is 58.1 Å². The third-order valence-corrected chi connectivity index (χ3v) is 7.39. The first-order valence-corrected chi connectivity index (χ1v) is 13.2. The van der Waals surface area contributed by atoms with Crippen molar-refractivity contribution in [3.05, 3.63) is 42.5 Å². The zero-order valence-electron chi connectivity index (χ0n) is 22.4. The van der Waals surface area contributed by atoms with E-state index in [1.807, 2.05) is 19.1 Å². The predicted octanol–water partition coefficient (Wildman–Crippen LogP) is 2.82. The Bertz CT molecular complexity index is 1270. The number of benzene rings is 1. The highest BCUT2D eigenvalue weighted by Crippen LogP contribution is 2.37. The van der Waals surface area contributed by atoms with E-state index in [1.165, 1.54) is 11.9 Å². The van der Waals surface area contributed by atoms with Gasteiger partial charge in [0.1, 0.15) is 36.4 Å². The van der Waals surface area contributed by atoms with Crippen molar-refractivity contribution in [2.75, 3.05) is 24.1 Å². The molecule has 2 aromatic heterocycles. The van der Waals surface area contributed by atoms with Crippen LogP contribution < -0.4 is 11.1 Å². The van der Waals surface area contributed by atoms with Gasteiger partial charge in [0.05, 0.1) is 6.33 Å². The minimum atomic E-state index is -0.876. The van der Waals surface area contributed by atoms with Gasteiger partial charge in [0.2, 0.25) is 5.91 Å². The fraction of sp³-hybridized carbons (Fsp3) is 0.556. The molecule has 2 aliphatic heterocycles. The Labute approximate surface area is 222 Å². The average molecular weight is 524 g/mol. The first-order valence-electron chi connectivity index (χ1n) is 13.2. The van der Waals surface area contributed by atoms with Crippen molar-refractivity contribution >= 4 is 28.6 Å². The van der Waals surface area contributed by atoms with Crippen LogP contribution in [-0.2, 0) is 19.7 Å². The molecule has 0 radical (unpaired) electrons. The number of fused-ring (bicyclic) bond motifs is 2. The van der Waals surface area contributed by atoms with E-state index in [1.54, 1.807) is 10.9 Å². The molecule has 1 aromatic carbocycles. The quantitative estimate of drug-likeness (QED) is 0.399. The Kier molecular flexibility index (Phi) is 7.36. The van der Waals surface area contributed by atoms with Crippen molar-refractivity contribution in [1.29, 1.82) is 0 Å². The zero-order chi connectivity index (χ0) is 27.0. The molecule has 2 saturated heterocycles. The Morgan fingerprint density at radius 3 is 2.66 bits per heavy atom. The Hall–Kier alpha value is -3.12. The summed E-state index contributed by atoms with van der Waals surface area (Å²) in [6.45, 7) is 9.87. The largest absolute Gasteiger partial charge is 0.386 e. The molecule has 2 aliphatic rings.